The topological polar surface area (TPSA) is 74.2 Å². The molecule has 1 rings (SSSR count). The van der Waals surface area contributed by atoms with Crippen LogP contribution >= 0.6 is 0 Å². The van der Waals surface area contributed by atoms with Gasteiger partial charge in [-0.25, -0.2) is 4.79 Å². The van der Waals surface area contributed by atoms with Crippen LogP contribution in [0.3, 0.4) is 0 Å². The number of ether oxygens (including phenoxy) is 2. The second kappa shape index (κ2) is 15.3. The first-order valence-electron chi connectivity index (χ1n) is 11.0. The molecule has 0 amide bonds. The predicted molar refractivity (Wildman–Crippen MR) is 110 cm³/mol. The van der Waals surface area contributed by atoms with Gasteiger partial charge in [-0.15, -0.1) is 0 Å². The molecule has 1 heterocycles. The second-order valence-corrected chi connectivity index (χ2v) is 7.66. The highest BCUT2D eigenvalue weighted by molar-refractivity contribution is 6.37. The lowest BCUT2D eigenvalue weighted by Crippen LogP contribution is -2.29. The lowest BCUT2D eigenvalue weighted by Gasteiger charge is -2.18. The first-order chi connectivity index (χ1) is 13.6. The molecule has 28 heavy (non-hydrogen) atoms. The van der Waals surface area contributed by atoms with Crippen LogP contribution in [-0.2, 0) is 23.9 Å². The van der Waals surface area contributed by atoms with E-state index in [1.807, 2.05) is 0 Å². The summed E-state index contributed by atoms with van der Waals surface area (Å²) in [5.74, 6) is -0.466. The Labute approximate surface area is 170 Å². The number of rotatable bonds is 16. The van der Waals surface area contributed by atoms with E-state index in [9.17, 15) is 9.59 Å². The van der Waals surface area contributed by atoms with Crippen LogP contribution < -0.4 is 0 Å². The van der Waals surface area contributed by atoms with Crippen molar-refractivity contribution >= 4 is 17.7 Å². The average molecular weight is 398 g/mol. The Morgan fingerprint density at radius 1 is 0.857 bits per heavy atom. The number of carbonyl (C=O) groups excluding carboxylic acids is 2. The SMILES string of the molecule is CCCCCCCCC1ON=C(C(=O)OC)C1CCCCCCCC(=O)OC. The molecule has 1 aliphatic rings. The van der Waals surface area contributed by atoms with Gasteiger partial charge >= 0.3 is 11.9 Å². The van der Waals surface area contributed by atoms with E-state index in [2.05, 4.69) is 16.8 Å². The molecule has 2 atom stereocenters. The molecular formula is C22H39NO5. The molecule has 0 bridgehead atoms. The fourth-order valence-corrected chi connectivity index (χ4v) is 3.70. The van der Waals surface area contributed by atoms with Crippen molar-refractivity contribution in [1.82, 2.24) is 0 Å². The Balaban J connectivity index is 2.31. The number of oxime groups is 1. The third-order valence-corrected chi connectivity index (χ3v) is 5.45. The summed E-state index contributed by atoms with van der Waals surface area (Å²) in [7, 11) is 2.82. The molecule has 0 aromatic carbocycles. The number of esters is 2. The van der Waals surface area contributed by atoms with Gasteiger partial charge < -0.3 is 14.3 Å². The lowest BCUT2D eigenvalue weighted by atomic mass is 9.88. The number of unbranched alkanes of at least 4 members (excludes halogenated alkanes) is 9. The molecule has 0 saturated heterocycles. The monoisotopic (exact) mass is 397 g/mol. The van der Waals surface area contributed by atoms with E-state index in [0.717, 1.165) is 51.4 Å². The zero-order valence-electron chi connectivity index (χ0n) is 18.0. The first kappa shape index (κ1) is 24.4. The van der Waals surface area contributed by atoms with Gasteiger partial charge in [0, 0.05) is 6.42 Å². The highest BCUT2D eigenvalue weighted by Gasteiger charge is 2.37. The summed E-state index contributed by atoms with van der Waals surface area (Å²) in [5.41, 5.74) is 0.448. The Morgan fingerprint density at radius 2 is 1.46 bits per heavy atom. The van der Waals surface area contributed by atoms with Crippen molar-refractivity contribution in [3.8, 4) is 0 Å². The largest absolute Gasteiger partial charge is 0.469 e. The predicted octanol–water partition coefficient (Wildman–Crippen LogP) is 5.18. The number of hydrogen-bond acceptors (Lipinski definition) is 6. The summed E-state index contributed by atoms with van der Waals surface area (Å²) in [6.07, 6.45) is 14.9. The standard InChI is InChI=1S/C22H39NO5/c1-4-5-6-7-10-13-16-19-18(21(23-28-19)22(25)27-3)15-12-9-8-11-14-17-20(24)26-2/h18-19H,4-17H2,1-3H3. The van der Waals surface area contributed by atoms with Crippen LogP contribution in [0.1, 0.15) is 96.8 Å². The van der Waals surface area contributed by atoms with Crippen molar-refractivity contribution in [1.29, 1.82) is 0 Å². The maximum absolute atomic E-state index is 12.0. The van der Waals surface area contributed by atoms with Gasteiger partial charge in [-0.3, -0.25) is 4.79 Å². The zero-order valence-corrected chi connectivity index (χ0v) is 18.0. The molecule has 0 saturated carbocycles. The molecule has 0 aromatic rings. The lowest BCUT2D eigenvalue weighted by molar-refractivity contribution is -0.140. The van der Waals surface area contributed by atoms with Gasteiger partial charge in [0.05, 0.1) is 20.1 Å². The van der Waals surface area contributed by atoms with Crippen LogP contribution in [0, 0.1) is 5.92 Å². The van der Waals surface area contributed by atoms with Gasteiger partial charge in [-0.05, 0) is 25.7 Å². The van der Waals surface area contributed by atoms with Crippen LogP contribution in [0.5, 0.6) is 0 Å². The molecule has 0 aliphatic carbocycles. The van der Waals surface area contributed by atoms with E-state index >= 15 is 0 Å². The molecular weight excluding hydrogens is 358 g/mol. The minimum Gasteiger partial charge on any atom is -0.469 e. The van der Waals surface area contributed by atoms with E-state index in [1.54, 1.807) is 0 Å². The average Bonchev–Trinajstić information content (AvgIpc) is 3.11. The van der Waals surface area contributed by atoms with Crippen LogP contribution in [0.2, 0.25) is 0 Å². The summed E-state index contributed by atoms with van der Waals surface area (Å²) in [6, 6.07) is 0. The van der Waals surface area contributed by atoms with E-state index in [1.165, 1.54) is 46.3 Å². The minimum atomic E-state index is -0.367. The van der Waals surface area contributed by atoms with Gasteiger partial charge in [-0.1, -0.05) is 69.9 Å². The first-order valence-corrected chi connectivity index (χ1v) is 11.0. The third-order valence-electron chi connectivity index (χ3n) is 5.45. The summed E-state index contributed by atoms with van der Waals surface area (Å²) in [6.45, 7) is 2.22. The molecule has 0 fully saturated rings. The summed E-state index contributed by atoms with van der Waals surface area (Å²) < 4.78 is 9.53. The smallest absolute Gasteiger partial charge is 0.356 e. The molecule has 0 spiro atoms. The van der Waals surface area contributed by atoms with E-state index < -0.39 is 0 Å². The van der Waals surface area contributed by atoms with E-state index in [-0.39, 0.29) is 24.0 Å². The van der Waals surface area contributed by atoms with Crippen LogP contribution in [0.4, 0.5) is 0 Å². The summed E-state index contributed by atoms with van der Waals surface area (Å²) in [4.78, 5) is 28.7. The van der Waals surface area contributed by atoms with Crippen molar-refractivity contribution in [2.75, 3.05) is 14.2 Å². The molecule has 2 unspecified atom stereocenters. The van der Waals surface area contributed by atoms with Gasteiger partial charge in [0.15, 0.2) is 5.71 Å². The van der Waals surface area contributed by atoms with E-state index in [0.29, 0.717) is 12.1 Å². The Morgan fingerprint density at radius 3 is 2.11 bits per heavy atom. The fourth-order valence-electron chi connectivity index (χ4n) is 3.70. The highest BCUT2D eigenvalue weighted by atomic mass is 16.6. The maximum Gasteiger partial charge on any atom is 0.356 e. The molecule has 0 N–H and O–H groups in total. The molecule has 0 aromatic heterocycles. The van der Waals surface area contributed by atoms with Gasteiger partial charge in [0.25, 0.3) is 0 Å². The Bertz CT molecular complexity index is 478. The van der Waals surface area contributed by atoms with Crippen LogP contribution in [0.25, 0.3) is 0 Å². The quantitative estimate of drug-likeness (QED) is 0.265. The van der Waals surface area contributed by atoms with E-state index in [4.69, 9.17) is 9.57 Å². The molecule has 6 nitrogen and oxygen atoms in total. The normalized spacial score (nSPS) is 18.5. The molecule has 1 aliphatic heterocycles. The fraction of sp³-hybridized carbons (Fsp3) is 0.864. The van der Waals surface area contributed by atoms with Gasteiger partial charge in [0.2, 0.25) is 0 Å². The van der Waals surface area contributed by atoms with Crippen LogP contribution in [0.15, 0.2) is 5.16 Å². The molecule has 0 radical (unpaired) electrons. The highest BCUT2D eigenvalue weighted by Crippen LogP contribution is 2.29. The van der Waals surface area contributed by atoms with Crippen molar-refractivity contribution in [2.45, 2.75) is 103 Å². The minimum absolute atomic E-state index is 0.000371. The number of methoxy groups -OCH3 is 2. The second-order valence-electron chi connectivity index (χ2n) is 7.66. The van der Waals surface area contributed by atoms with Crippen molar-refractivity contribution < 1.29 is 23.9 Å². The van der Waals surface area contributed by atoms with Crippen molar-refractivity contribution in [3.63, 3.8) is 0 Å². The number of nitrogens with zero attached hydrogens (tertiary/aromatic N) is 1. The van der Waals surface area contributed by atoms with Gasteiger partial charge in [-0.2, -0.15) is 0 Å². The zero-order chi connectivity index (χ0) is 20.6. The number of hydrogen-bond donors (Lipinski definition) is 0. The Hall–Kier alpha value is -1.59. The van der Waals surface area contributed by atoms with Crippen LogP contribution in [-0.4, -0.2) is 38.0 Å². The third kappa shape index (κ3) is 9.56. The summed E-state index contributed by atoms with van der Waals surface area (Å²) in [5, 5.41) is 4.05. The maximum atomic E-state index is 12.0. The van der Waals surface area contributed by atoms with Crippen molar-refractivity contribution in [3.05, 3.63) is 0 Å². The molecule has 162 valence electrons. The Kier molecular flexibility index (Phi) is 13.4. The summed E-state index contributed by atoms with van der Waals surface area (Å²) >= 11 is 0. The number of carbonyl (C=O) groups is 2. The van der Waals surface area contributed by atoms with Gasteiger partial charge in [0.1, 0.15) is 6.10 Å². The molecule has 6 heteroatoms. The van der Waals surface area contributed by atoms with Crippen molar-refractivity contribution in [2.24, 2.45) is 11.1 Å².